The van der Waals surface area contributed by atoms with Crippen molar-refractivity contribution in [3.8, 4) is 66.8 Å². The van der Waals surface area contributed by atoms with E-state index in [1.807, 2.05) is 0 Å². The van der Waals surface area contributed by atoms with Gasteiger partial charge in [-0.1, -0.05) is 226 Å². The second-order valence-corrected chi connectivity index (χ2v) is 20.2. The van der Waals surface area contributed by atoms with E-state index in [1.54, 1.807) is 0 Å². The van der Waals surface area contributed by atoms with Crippen LogP contribution in [0.4, 0.5) is 17.1 Å². The molecule has 1 spiro atoms. The van der Waals surface area contributed by atoms with Gasteiger partial charge >= 0.3 is 0 Å². The van der Waals surface area contributed by atoms with E-state index in [9.17, 15) is 0 Å². The lowest BCUT2D eigenvalue weighted by Gasteiger charge is -2.32. The average Bonchev–Trinajstić information content (AvgIpc) is 4.01. The summed E-state index contributed by atoms with van der Waals surface area (Å²) in [5, 5.41) is 0. The van der Waals surface area contributed by atoms with Gasteiger partial charge in [-0.2, -0.15) is 0 Å². The summed E-state index contributed by atoms with van der Waals surface area (Å²) in [6.07, 6.45) is 6.94. The molecular weight excluding hydrogens is 855 g/mol. The Morgan fingerprint density at radius 2 is 0.901 bits per heavy atom. The fraction of sp³-hybridized carbons (Fsp3) is 0.0857. The summed E-state index contributed by atoms with van der Waals surface area (Å²) >= 11 is 0. The van der Waals surface area contributed by atoms with E-state index in [-0.39, 0.29) is 10.8 Å². The van der Waals surface area contributed by atoms with Crippen molar-refractivity contribution in [1.82, 2.24) is 0 Å². The Balaban J connectivity index is 0.937. The van der Waals surface area contributed by atoms with E-state index in [4.69, 9.17) is 0 Å². The van der Waals surface area contributed by atoms with Crippen LogP contribution >= 0.6 is 0 Å². The normalized spacial score (nSPS) is 14.9. The molecule has 71 heavy (non-hydrogen) atoms. The van der Waals surface area contributed by atoms with Gasteiger partial charge in [0.15, 0.2) is 0 Å². The topological polar surface area (TPSA) is 3.24 Å². The van der Waals surface area contributed by atoms with Crippen LogP contribution in [0.25, 0.3) is 72.3 Å². The van der Waals surface area contributed by atoms with Crippen molar-refractivity contribution in [3.05, 3.63) is 288 Å². The molecule has 0 heterocycles. The van der Waals surface area contributed by atoms with Gasteiger partial charge in [0.05, 0.1) is 11.1 Å². The third-order valence-corrected chi connectivity index (χ3v) is 16.2. The smallest absolute Gasteiger partial charge is 0.0722 e. The van der Waals surface area contributed by atoms with Crippen molar-refractivity contribution in [2.24, 2.45) is 0 Å². The molecule has 14 rings (SSSR count). The quantitative estimate of drug-likeness (QED) is 0.154. The standard InChI is InChI=1S/C70H51N/c1-69(2)61-30-14-12-28-58(61)68-57(29-19-34-66(68)69)56-27-13-18-35-67(56)71(51-41-42-52(47-20-5-3-6-21-47)59(45-51)48-22-7-4-8-23-48)50-39-36-46(37-40-50)49-38-43-65-60(44-49)55-26-11-17-33-64(55)70(65)62-31-15-9-24-53(62)54-25-10-16-32-63(54)70/h3-10,12-25,27-45H,11,26H2,1-2H3. The second-order valence-electron chi connectivity index (χ2n) is 20.2. The SMILES string of the molecule is CC1(C)c2ccccc2-c2c(-c3ccccc3N(c3ccc(-c4ccc5c(c4)C4=C(C=CCC4)C54c5ccccc5-c5ccccc54)cc3)c3ccc(-c4ccccc4)c(-c4ccccc4)c3)cccc21. The molecule has 0 bridgehead atoms. The number of nitrogens with zero attached hydrogens (tertiary/aromatic N) is 1. The third kappa shape index (κ3) is 6.12. The van der Waals surface area contributed by atoms with Crippen LogP contribution in [0.5, 0.6) is 0 Å². The molecule has 0 fully saturated rings. The van der Waals surface area contributed by atoms with Crippen molar-refractivity contribution in [1.29, 1.82) is 0 Å². The summed E-state index contributed by atoms with van der Waals surface area (Å²) in [4.78, 5) is 2.48. The molecule has 0 radical (unpaired) electrons. The van der Waals surface area contributed by atoms with Gasteiger partial charge in [-0.25, -0.2) is 0 Å². The Bertz CT molecular complexity index is 3780. The van der Waals surface area contributed by atoms with Crippen LogP contribution in [-0.4, -0.2) is 0 Å². The number of allylic oxidation sites excluding steroid dienone is 4. The van der Waals surface area contributed by atoms with Gasteiger partial charge in [-0.3, -0.25) is 0 Å². The maximum atomic E-state index is 2.49. The summed E-state index contributed by atoms with van der Waals surface area (Å²) in [6.45, 7) is 4.74. The molecule has 0 saturated carbocycles. The molecule has 10 aromatic rings. The first-order chi connectivity index (χ1) is 35.0. The highest BCUT2D eigenvalue weighted by molar-refractivity contribution is 6.00. The van der Waals surface area contributed by atoms with Crippen LogP contribution in [0, 0.1) is 0 Å². The maximum absolute atomic E-state index is 2.49. The van der Waals surface area contributed by atoms with Gasteiger partial charge in [-0.05, 0) is 155 Å². The highest BCUT2D eigenvalue weighted by atomic mass is 15.1. The van der Waals surface area contributed by atoms with E-state index >= 15 is 0 Å². The molecule has 0 unspecified atom stereocenters. The van der Waals surface area contributed by atoms with Gasteiger partial charge in [0, 0.05) is 22.4 Å². The predicted octanol–water partition coefficient (Wildman–Crippen LogP) is 18.6. The van der Waals surface area contributed by atoms with Crippen molar-refractivity contribution in [3.63, 3.8) is 0 Å². The number of para-hydroxylation sites is 1. The Morgan fingerprint density at radius 3 is 1.62 bits per heavy atom. The van der Waals surface area contributed by atoms with Crippen LogP contribution in [-0.2, 0) is 10.8 Å². The largest absolute Gasteiger partial charge is 0.310 e. The van der Waals surface area contributed by atoms with Crippen LogP contribution in [0.3, 0.4) is 0 Å². The lowest BCUT2D eigenvalue weighted by molar-refractivity contribution is 0.660. The first-order valence-corrected chi connectivity index (χ1v) is 25.2. The van der Waals surface area contributed by atoms with Crippen molar-refractivity contribution in [2.75, 3.05) is 4.90 Å². The lowest BCUT2D eigenvalue weighted by atomic mass is 9.69. The van der Waals surface area contributed by atoms with Gasteiger partial charge in [0.1, 0.15) is 0 Å². The zero-order valence-corrected chi connectivity index (χ0v) is 40.0. The summed E-state index contributed by atoms with van der Waals surface area (Å²) in [7, 11) is 0. The Kier molecular flexibility index (Phi) is 9.35. The van der Waals surface area contributed by atoms with Gasteiger partial charge in [-0.15, -0.1) is 0 Å². The Morgan fingerprint density at radius 1 is 0.352 bits per heavy atom. The lowest BCUT2D eigenvalue weighted by Crippen LogP contribution is -2.27. The zero-order valence-electron chi connectivity index (χ0n) is 40.0. The predicted molar refractivity (Wildman–Crippen MR) is 297 cm³/mol. The molecule has 0 N–H and O–H groups in total. The van der Waals surface area contributed by atoms with Gasteiger partial charge in [0.25, 0.3) is 0 Å². The maximum Gasteiger partial charge on any atom is 0.0722 e. The molecule has 0 amide bonds. The number of rotatable bonds is 7. The number of hydrogen-bond acceptors (Lipinski definition) is 1. The minimum Gasteiger partial charge on any atom is -0.310 e. The first kappa shape index (κ1) is 41.5. The summed E-state index contributed by atoms with van der Waals surface area (Å²) in [6, 6.07) is 88.5. The number of anilines is 3. The molecule has 4 aliphatic carbocycles. The number of hydrogen-bond donors (Lipinski definition) is 0. The molecule has 336 valence electrons. The molecular formula is C70H51N. The summed E-state index contributed by atoms with van der Waals surface area (Å²) in [5.74, 6) is 0. The first-order valence-electron chi connectivity index (χ1n) is 25.2. The minimum absolute atomic E-state index is 0.111. The van der Waals surface area contributed by atoms with Crippen LogP contribution in [0.15, 0.2) is 254 Å². The molecule has 1 heteroatoms. The van der Waals surface area contributed by atoms with Crippen LogP contribution in [0.1, 0.15) is 60.1 Å². The average molecular weight is 906 g/mol. The molecule has 0 atom stereocenters. The van der Waals surface area contributed by atoms with E-state index < -0.39 is 0 Å². The fourth-order valence-electron chi connectivity index (χ4n) is 13.1. The zero-order chi connectivity index (χ0) is 47.3. The Hall–Kier alpha value is -8.52. The molecule has 4 aliphatic rings. The highest BCUT2D eigenvalue weighted by Crippen LogP contribution is 2.64. The third-order valence-electron chi connectivity index (χ3n) is 16.2. The summed E-state index contributed by atoms with van der Waals surface area (Å²) in [5.41, 5.74) is 29.2. The summed E-state index contributed by atoms with van der Waals surface area (Å²) < 4.78 is 0. The van der Waals surface area contributed by atoms with E-state index in [2.05, 4.69) is 267 Å². The number of benzene rings is 10. The molecule has 10 aromatic carbocycles. The monoisotopic (exact) mass is 905 g/mol. The van der Waals surface area contributed by atoms with E-state index in [0.29, 0.717) is 0 Å². The van der Waals surface area contributed by atoms with Crippen LogP contribution in [0.2, 0.25) is 0 Å². The molecule has 1 nitrogen and oxygen atoms in total. The van der Waals surface area contributed by atoms with Crippen molar-refractivity contribution in [2.45, 2.75) is 37.5 Å². The van der Waals surface area contributed by atoms with Gasteiger partial charge in [0.2, 0.25) is 0 Å². The van der Waals surface area contributed by atoms with Crippen molar-refractivity contribution >= 4 is 22.6 Å². The molecule has 0 saturated heterocycles. The van der Waals surface area contributed by atoms with Gasteiger partial charge < -0.3 is 4.90 Å². The number of fused-ring (bicyclic) bond motifs is 12. The van der Waals surface area contributed by atoms with Crippen LogP contribution < -0.4 is 4.90 Å². The minimum atomic E-state index is -0.309. The Labute approximate surface area is 417 Å². The molecule has 0 aromatic heterocycles. The highest BCUT2D eigenvalue weighted by Gasteiger charge is 2.52. The van der Waals surface area contributed by atoms with E-state index in [1.165, 1.54) is 111 Å². The van der Waals surface area contributed by atoms with E-state index in [0.717, 1.165) is 29.9 Å². The fourth-order valence-corrected chi connectivity index (χ4v) is 13.1. The molecule has 0 aliphatic heterocycles. The van der Waals surface area contributed by atoms with Crippen molar-refractivity contribution < 1.29 is 0 Å². The second kappa shape index (κ2) is 16.0.